The molecule has 0 radical (unpaired) electrons. The smallest absolute Gasteiger partial charge is 0.242 e. The fourth-order valence-electron chi connectivity index (χ4n) is 3.71. The molecule has 2 N–H and O–H groups in total. The third-order valence-electron chi connectivity index (χ3n) is 4.97. The lowest BCUT2D eigenvalue weighted by molar-refractivity contribution is -0.126. The summed E-state index contributed by atoms with van der Waals surface area (Å²) in [5.41, 5.74) is 8.71. The van der Waals surface area contributed by atoms with Crippen LogP contribution in [-0.4, -0.2) is 31.1 Å². The van der Waals surface area contributed by atoms with Gasteiger partial charge < -0.3 is 5.73 Å². The van der Waals surface area contributed by atoms with Crippen LogP contribution in [0.15, 0.2) is 24.3 Å². The van der Waals surface area contributed by atoms with Crippen LogP contribution in [0.1, 0.15) is 37.7 Å². The van der Waals surface area contributed by atoms with E-state index in [1.807, 2.05) is 7.05 Å². The van der Waals surface area contributed by atoms with E-state index in [1.165, 1.54) is 18.4 Å². The van der Waals surface area contributed by atoms with E-state index in [4.69, 9.17) is 5.73 Å². The van der Waals surface area contributed by atoms with Crippen molar-refractivity contribution in [1.82, 2.24) is 5.01 Å². The lowest BCUT2D eigenvalue weighted by atomic mass is 9.78. The van der Waals surface area contributed by atoms with E-state index in [1.54, 1.807) is 5.01 Å². The highest BCUT2D eigenvalue weighted by Crippen LogP contribution is 2.44. The molecule has 4 heteroatoms. The van der Waals surface area contributed by atoms with E-state index in [9.17, 15) is 4.79 Å². The zero-order chi connectivity index (χ0) is 14.2. The molecule has 2 aliphatic rings. The van der Waals surface area contributed by atoms with Gasteiger partial charge in [0.05, 0.1) is 5.69 Å². The number of anilines is 1. The Morgan fingerprint density at radius 2 is 1.95 bits per heavy atom. The van der Waals surface area contributed by atoms with E-state index in [-0.39, 0.29) is 11.3 Å². The van der Waals surface area contributed by atoms with E-state index >= 15 is 0 Å². The highest BCUT2D eigenvalue weighted by Gasteiger charge is 2.38. The molecule has 1 aliphatic carbocycles. The molecule has 1 aromatic rings. The molecule has 108 valence electrons. The van der Waals surface area contributed by atoms with Gasteiger partial charge in [0.25, 0.3) is 0 Å². The molecule has 3 rings (SSSR count). The fourth-order valence-corrected chi connectivity index (χ4v) is 3.71. The van der Waals surface area contributed by atoms with E-state index < -0.39 is 0 Å². The van der Waals surface area contributed by atoms with Gasteiger partial charge in [0, 0.05) is 32.0 Å². The second-order valence-corrected chi connectivity index (χ2v) is 6.00. The number of rotatable bonds is 3. The molecule has 1 heterocycles. The summed E-state index contributed by atoms with van der Waals surface area (Å²) in [5.74, 6) is 0.188. The molecule has 1 aliphatic heterocycles. The lowest BCUT2D eigenvalue weighted by Crippen LogP contribution is -2.39. The van der Waals surface area contributed by atoms with Gasteiger partial charge in [-0.05, 0) is 24.5 Å². The second-order valence-electron chi connectivity index (χ2n) is 6.00. The summed E-state index contributed by atoms with van der Waals surface area (Å²) in [4.78, 5) is 11.8. The SMILES string of the molecule is CN1C(=O)CCN1c1ccccc1C1(CN)CCCC1. The predicted molar refractivity (Wildman–Crippen MR) is 80.4 cm³/mol. The number of nitrogens with two attached hydrogens (primary N) is 1. The second kappa shape index (κ2) is 5.09. The van der Waals surface area contributed by atoms with Gasteiger partial charge in [-0.1, -0.05) is 31.0 Å². The van der Waals surface area contributed by atoms with Crippen molar-refractivity contribution in [3.63, 3.8) is 0 Å². The minimum Gasteiger partial charge on any atom is -0.330 e. The van der Waals surface area contributed by atoms with Crippen LogP contribution in [0.4, 0.5) is 5.69 Å². The van der Waals surface area contributed by atoms with E-state index in [0.29, 0.717) is 13.0 Å². The predicted octanol–water partition coefficient (Wildman–Crippen LogP) is 2.04. The van der Waals surface area contributed by atoms with Crippen LogP contribution >= 0.6 is 0 Å². The van der Waals surface area contributed by atoms with Gasteiger partial charge in [-0.15, -0.1) is 0 Å². The zero-order valence-corrected chi connectivity index (χ0v) is 12.1. The molecular formula is C16H23N3O. The number of benzene rings is 1. The first-order valence-electron chi connectivity index (χ1n) is 7.51. The summed E-state index contributed by atoms with van der Waals surface area (Å²) in [7, 11) is 1.86. The van der Waals surface area contributed by atoms with Crippen LogP contribution in [0.25, 0.3) is 0 Å². The third-order valence-corrected chi connectivity index (χ3v) is 4.97. The molecule has 2 fully saturated rings. The van der Waals surface area contributed by atoms with E-state index in [0.717, 1.165) is 25.1 Å². The summed E-state index contributed by atoms with van der Waals surface area (Å²) in [6.07, 6.45) is 5.42. The van der Waals surface area contributed by atoms with Crippen LogP contribution < -0.4 is 10.7 Å². The highest BCUT2D eigenvalue weighted by molar-refractivity contribution is 5.82. The molecule has 0 bridgehead atoms. The van der Waals surface area contributed by atoms with Crippen LogP contribution in [0.2, 0.25) is 0 Å². The highest BCUT2D eigenvalue weighted by atomic mass is 16.2. The van der Waals surface area contributed by atoms with Crippen LogP contribution in [0, 0.1) is 0 Å². The van der Waals surface area contributed by atoms with Crippen molar-refractivity contribution in [1.29, 1.82) is 0 Å². The largest absolute Gasteiger partial charge is 0.330 e. The lowest BCUT2D eigenvalue weighted by Gasteiger charge is -2.35. The Kier molecular flexibility index (Phi) is 3.42. The number of nitrogens with zero attached hydrogens (tertiary/aromatic N) is 2. The summed E-state index contributed by atoms with van der Waals surface area (Å²) in [6, 6.07) is 8.46. The first-order chi connectivity index (χ1) is 9.68. The molecule has 0 aromatic heterocycles. The fraction of sp³-hybridized carbons (Fsp3) is 0.562. The molecule has 0 unspecified atom stereocenters. The van der Waals surface area contributed by atoms with Crippen molar-refractivity contribution >= 4 is 11.6 Å². The standard InChI is InChI=1S/C16H23N3O/c1-18-15(20)8-11-19(18)14-7-3-2-6-13(14)16(12-17)9-4-5-10-16/h2-3,6-7H,4-5,8-12,17H2,1H3. The summed E-state index contributed by atoms with van der Waals surface area (Å²) in [6.45, 7) is 1.46. The number of amides is 1. The maximum atomic E-state index is 11.8. The average molecular weight is 273 g/mol. The molecule has 0 spiro atoms. The minimum absolute atomic E-state index is 0.100. The van der Waals surface area contributed by atoms with E-state index in [2.05, 4.69) is 29.3 Å². The van der Waals surface area contributed by atoms with Crippen molar-refractivity contribution < 1.29 is 4.79 Å². The Morgan fingerprint density at radius 1 is 1.25 bits per heavy atom. The molecule has 1 aromatic carbocycles. The van der Waals surface area contributed by atoms with Crippen LogP contribution in [0.5, 0.6) is 0 Å². The Morgan fingerprint density at radius 3 is 2.55 bits per heavy atom. The van der Waals surface area contributed by atoms with Crippen LogP contribution in [-0.2, 0) is 10.2 Å². The summed E-state index contributed by atoms with van der Waals surface area (Å²) in [5, 5.41) is 3.85. The van der Waals surface area contributed by atoms with Crippen molar-refractivity contribution in [3.8, 4) is 0 Å². The van der Waals surface area contributed by atoms with Gasteiger partial charge in [0.1, 0.15) is 0 Å². The van der Waals surface area contributed by atoms with Gasteiger partial charge in [-0.3, -0.25) is 14.8 Å². The molecule has 1 saturated heterocycles. The van der Waals surface area contributed by atoms with Gasteiger partial charge in [-0.2, -0.15) is 0 Å². The maximum Gasteiger partial charge on any atom is 0.242 e. The topological polar surface area (TPSA) is 49.6 Å². The summed E-state index contributed by atoms with van der Waals surface area (Å²) < 4.78 is 0. The number of hydrogen-bond acceptors (Lipinski definition) is 3. The quantitative estimate of drug-likeness (QED) is 0.917. The normalized spacial score (nSPS) is 21.8. The molecular weight excluding hydrogens is 250 g/mol. The van der Waals surface area contributed by atoms with Crippen LogP contribution in [0.3, 0.4) is 0 Å². The van der Waals surface area contributed by atoms with Gasteiger partial charge in [0.15, 0.2) is 0 Å². The zero-order valence-electron chi connectivity index (χ0n) is 12.1. The number of hydrazine groups is 1. The number of carbonyl (C=O) groups excluding carboxylic acids is 1. The monoisotopic (exact) mass is 273 g/mol. The molecule has 20 heavy (non-hydrogen) atoms. The first-order valence-corrected chi connectivity index (χ1v) is 7.51. The van der Waals surface area contributed by atoms with Gasteiger partial charge >= 0.3 is 0 Å². The average Bonchev–Trinajstić information content (AvgIpc) is 3.08. The number of carbonyl (C=O) groups is 1. The first kappa shape index (κ1) is 13.4. The van der Waals surface area contributed by atoms with Crippen molar-refractivity contribution in [2.75, 3.05) is 25.1 Å². The van der Waals surface area contributed by atoms with Gasteiger partial charge in [-0.25, -0.2) is 0 Å². The number of hydrogen-bond donors (Lipinski definition) is 1. The molecule has 0 atom stereocenters. The Bertz CT molecular complexity index is 508. The third kappa shape index (κ3) is 1.99. The Balaban J connectivity index is 2.02. The molecule has 4 nitrogen and oxygen atoms in total. The van der Waals surface area contributed by atoms with Gasteiger partial charge in [0.2, 0.25) is 5.91 Å². The van der Waals surface area contributed by atoms with Crippen molar-refractivity contribution in [2.45, 2.75) is 37.5 Å². The number of para-hydroxylation sites is 1. The van der Waals surface area contributed by atoms with Crippen molar-refractivity contribution in [3.05, 3.63) is 29.8 Å². The molecule has 1 amide bonds. The Labute approximate surface area is 120 Å². The molecule has 1 saturated carbocycles. The Hall–Kier alpha value is -1.55. The summed E-state index contributed by atoms with van der Waals surface area (Å²) >= 11 is 0. The van der Waals surface area contributed by atoms with Crippen molar-refractivity contribution in [2.24, 2.45) is 5.73 Å². The maximum absolute atomic E-state index is 11.8. The minimum atomic E-state index is 0.100.